The highest BCUT2D eigenvalue weighted by molar-refractivity contribution is 14.1. The average molecular weight is 288 g/mol. The fraction of sp³-hybridized carbons (Fsp3) is 0.222. The van der Waals surface area contributed by atoms with Gasteiger partial charge in [-0.05, 0) is 40.8 Å². The van der Waals surface area contributed by atoms with E-state index in [1.807, 2.05) is 17.8 Å². The van der Waals surface area contributed by atoms with E-state index in [0.29, 0.717) is 5.88 Å². The van der Waals surface area contributed by atoms with Crippen molar-refractivity contribution >= 4 is 33.5 Å². The number of fused-ring (bicyclic) bond motifs is 1. The molecule has 0 atom stereocenters. The molecule has 0 radical (unpaired) electrons. The largest absolute Gasteiger partial charge is 0.479 e. The number of hydrogen-bond donors (Lipinski definition) is 0. The summed E-state index contributed by atoms with van der Waals surface area (Å²) in [6.07, 6.45) is 0. The van der Waals surface area contributed by atoms with Crippen LogP contribution >= 0.6 is 22.6 Å². The summed E-state index contributed by atoms with van der Waals surface area (Å²) in [6, 6.07) is 6.18. The normalized spacial score (nSPS) is 10.7. The minimum absolute atomic E-state index is 0.691. The number of aromatic nitrogens is 2. The van der Waals surface area contributed by atoms with Crippen molar-refractivity contribution in [3.8, 4) is 5.88 Å². The Labute approximate surface area is 89.8 Å². The van der Waals surface area contributed by atoms with Gasteiger partial charge in [0.15, 0.2) is 0 Å². The van der Waals surface area contributed by atoms with Crippen LogP contribution in [0.15, 0.2) is 18.2 Å². The average Bonchev–Trinajstić information content (AvgIpc) is 2.42. The van der Waals surface area contributed by atoms with Crippen LogP contribution < -0.4 is 4.74 Å². The molecule has 0 unspecified atom stereocenters. The third-order valence-electron chi connectivity index (χ3n) is 1.97. The molecule has 0 aliphatic heterocycles. The number of aryl methyl sites for hydroxylation is 1. The van der Waals surface area contributed by atoms with Gasteiger partial charge in [0.05, 0.1) is 18.0 Å². The lowest BCUT2D eigenvalue weighted by Crippen LogP contribution is -1.90. The Balaban J connectivity index is 2.81. The van der Waals surface area contributed by atoms with Crippen molar-refractivity contribution in [2.75, 3.05) is 7.11 Å². The second kappa shape index (κ2) is 3.17. The summed E-state index contributed by atoms with van der Waals surface area (Å²) in [6.45, 7) is 0. The first-order chi connectivity index (χ1) is 6.22. The fourth-order valence-electron chi connectivity index (χ4n) is 1.36. The van der Waals surface area contributed by atoms with E-state index in [4.69, 9.17) is 4.74 Å². The molecule has 3 nitrogen and oxygen atoms in total. The van der Waals surface area contributed by atoms with Crippen molar-refractivity contribution in [1.29, 1.82) is 0 Å². The molecule has 0 aliphatic rings. The lowest BCUT2D eigenvalue weighted by molar-refractivity contribution is 0.396. The lowest BCUT2D eigenvalue weighted by Gasteiger charge is -1.94. The third-order valence-corrected chi connectivity index (χ3v) is 2.64. The molecule has 2 rings (SSSR count). The summed E-state index contributed by atoms with van der Waals surface area (Å²) in [5.41, 5.74) is 1.09. The number of nitrogens with zero attached hydrogens (tertiary/aromatic N) is 2. The maximum absolute atomic E-state index is 5.17. The number of ether oxygens (including phenoxy) is 1. The first kappa shape index (κ1) is 8.80. The molecule has 0 bridgehead atoms. The Morgan fingerprint density at radius 1 is 1.46 bits per heavy atom. The molecule has 0 spiro atoms. The summed E-state index contributed by atoms with van der Waals surface area (Å²) in [5.74, 6) is 0.691. The molecule has 0 saturated carbocycles. The van der Waals surface area contributed by atoms with E-state index in [9.17, 15) is 0 Å². The molecule has 4 heteroatoms. The first-order valence-electron chi connectivity index (χ1n) is 3.88. The standard InChI is InChI=1S/C9H9IN2O/c1-12-8-4-3-6(10)5-7(8)9(11-12)13-2/h3-5H,1-2H3. The van der Waals surface area contributed by atoms with Gasteiger partial charge in [-0.25, -0.2) is 0 Å². The first-order valence-corrected chi connectivity index (χ1v) is 4.96. The highest BCUT2D eigenvalue weighted by Gasteiger charge is 2.07. The van der Waals surface area contributed by atoms with Crippen LogP contribution in [0, 0.1) is 3.57 Å². The van der Waals surface area contributed by atoms with Crippen LogP contribution in [0.5, 0.6) is 5.88 Å². The van der Waals surface area contributed by atoms with E-state index in [2.05, 4.69) is 39.8 Å². The minimum Gasteiger partial charge on any atom is -0.479 e. The lowest BCUT2D eigenvalue weighted by atomic mass is 10.2. The Morgan fingerprint density at radius 3 is 2.92 bits per heavy atom. The molecule has 0 fully saturated rings. The van der Waals surface area contributed by atoms with E-state index >= 15 is 0 Å². The second-order valence-corrected chi connectivity index (χ2v) is 4.04. The molecule has 1 aromatic carbocycles. The quantitative estimate of drug-likeness (QED) is 0.752. The van der Waals surface area contributed by atoms with Crippen LogP contribution in [0.1, 0.15) is 0 Å². The molecule has 2 aromatic rings. The molecular formula is C9H9IN2O. The van der Waals surface area contributed by atoms with Crippen LogP contribution in [-0.2, 0) is 7.05 Å². The van der Waals surface area contributed by atoms with Gasteiger partial charge in [-0.3, -0.25) is 4.68 Å². The Hall–Kier alpha value is -0.780. The zero-order chi connectivity index (χ0) is 9.42. The van der Waals surface area contributed by atoms with Gasteiger partial charge in [0.1, 0.15) is 0 Å². The molecule has 0 N–H and O–H groups in total. The molecule has 0 amide bonds. The summed E-state index contributed by atoms with van der Waals surface area (Å²) in [5, 5.41) is 5.31. The number of halogens is 1. The summed E-state index contributed by atoms with van der Waals surface area (Å²) in [4.78, 5) is 0. The maximum atomic E-state index is 5.17. The zero-order valence-electron chi connectivity index (χ0n) is 7.41. The van der Waals surface area contributed by atoms with Crippen molar-refractivity contribution in [2.45, 2.75) is 0 Å². The Bertz CT molecular complexity index is 450. The van der Waals surface area contributed by atoms with Gasteiger partial charge in [-0.2, -0.15) is 0 Å². The van der Waals surface area contributed by atoms with Crippen LogP contribution in [0.2, 0.25) is 0 Å². The van der Waals surface area contributed by atoms with E-state index in [-0.39, 0.29) is 0 Å². The van der Waals surface area contributed by atoms with E-state index < -0.39 is 0 Å². The van der Waals surface area contributed by atoms with Crippen molar-refractivity contribution in [3.63, 3.8) is 0 Å². The number of rotatable bonds is 1. The predicted octanol–water partition coefficient (Wildman–Crippen LogP) is 2.19. The third kappa shape index (κ3) is 1.39. The zero-order valence-corrected chi connectivity index (χ0v) is 9.57. The van der Waals surface area contributed by atoms with Crippen LogP contribution in [0.3, 0.4) is 0 Å². The van der Waals surface area contributed by atoms with E-state index in [1.165, 1.54) is 3.57 Å². The van der Waals surface area contributed by atoms with Crippen LogP contribution in [0.4, 0.5) is 0 Å². The summed E-state index contributed by atoms with van der Waals surface area (Å²) < 4.78 is 8.18. The molecule has 1 aromatic heterocycles. The van der Waals surface area contributed by atoms with Gasteiger partial charge >= 0.3 is 0 Å². The van der Waals surface area contributed by atoms with Gasteiger partial charge in [0.25, 0.3) is 0 Å². The van der Waals surface area contributed by atoms with E-state index in [0.717, 1.165) is 10.9 Å². The Kier molecular flexibility index (Phi) is 2.15. The van der Waals surface area contributed by atoms with Crippen molar-refractivity contribution in [2.24, 2.45) is 7.05 Å². The molecule has 13 heavy (non-hydrogen) atoms. The van der Waals surface area contributed by atoms with Crippen LogP contribution in [-0.4, -0.2) is 16.9 Å². The molecular weight excluding hydrogens is 279 g/mol. The smallest absolute Gasteiger partial charge is 0.240 e. The topological polar surface area (TPSA) is 27.1 Å². The monoisotopic (exact) mass is 288 g/mol. The fourth-order valence-corrected chi connectivity index (χ4v) is 1.85. The van der Waals surface area contributed by atoms with Gasteiger partial charge < -0.3 is 4.74 Å². The van der Waals surface area contributed by atoms with Crippen molar-refractivity contribution in [1.82, 2.24) is 9.78 Å². The number of benzene rings is 1. The van der Waals surface area contributed by atoms with Crippen LogP contribution in [0.25, 0.3) is 10.9 Å². The highest BCUT2D eigenvalue weighted by atomic mass is 127. The SMILES string of the molecule is COc1nn(C)c2ccc(I)cc12. The number of methoxy groups -OCH3 is 1. The number of hydrogen-bond acceptors (Lipinski definition) is 2. The summed E-state index contributed by atoms with van der Waals surface area (Å²) >= 11 is 2.28. The predicted molar refractivity (Wildman–Crippen MR) is 60.0 cm³/mol. The molecule has 0 aliphatic carbocycles. The van der Waals surface area contributed by atoms with Crippen molar-refractivity contribution in [3.05, 3.63) is 21.8 Å². The van der Waals surface area contributed by atoms with Gasteiger partial charge in [0, 0.05) is 10.6 Å². The maximum Gasteiger partial charge on any atom is 0.240 e. The highest BCUT2D eigenvalue weighted by Crippen LogP contribution is 2.25. The van der Waals surface area contributed by atoms with Gasteiger partial charge in [0.2, 0.25) is 5.88 Å². The van der Waals surface area contributed by atoms with Gasteiger partial charge in [-0.1, -0.05) is 0 Å². The minimum atomic E-state index is 0.691. The molecule has 0 saturated heterocycles. The second-order valence-electron chi connectivity index (χ2n) is 2.79. The summed E-state index contributed by atoms with van der Waals surface area (Å²) in [7, 11) is 3.55. The molecule has 68 valence electrons. The van der Waals surface area contributed by atoms with Gasteiger partial charge in [-0.15, -0.1) is 5.10 Å². The van der Waals surface area contributed by atoms with Crippen molar-refractivity contribution < 1.29 is 4.74 Å². The molecule has 1 heterocycles. The van der Waals surface area contributed by atoms with E-state index in [1.54, 1.807) is 7.11 Å². The Morgan fingerprint density at radius 2 is 2.23 bits per heavy atom.